The van der Waals surface area contributed by atoms with E-state index in [1.807, 2.05) is 18.2 Å². The number of sulfonamides is 1. The van der Waals surface area contributed by atoms with Crippen LogP contribution in [0.15, 0.2) is 83.8 Å². The first-order valence-electron chi connectivity index (χ1n) is 11.9. The van der Waals surface area contributed by atoms with Gasteiger partial charge in [0, 0.05) is 49.5 Å². The van der Waals surface area contributed by atoms with Crippen molar-refractivity contribution < 1.29 is 18.0 Å². The second-order valence-electron chi connectivity index (χ2n) is 8.80. The molecule has 3 N–H and O–H groups in total. The molecule has 1 aliphatic rings. The summed E-state index contributed by atoms with van der Waals surface area (Å²) in [5.41, 5.74) is 2.30. The molecule has 3 aromatic carbocycles. The summed E-state index contributed by atoms with van der Waals surface area (Å²) in [5.74, 6) is -0.730. The van der Waals surface area contributed by atoms with Crippen molar-refractivity contribution >= 4 is 27.5 Å². The fourth-order valence-corrected chi connectivity index (χ4v) is 5.58. The van der Waals surface area contributed by atoms with Gasteiger partial charge in [0.2, 0.25) is 10.0 Å². The third-order valence-electron chi connectivity index (χ3n) is 6.17. The summed E-state index contributed by atoms with van der Waals surface area (Å²) in [5, 5.41) is 5.26. The van der Waals surface area contributed by atoms with Gasteiger partial charge in [-0.15, -0.1) is 0 Å². The van der Waals surface area contributed by atoms with Gasteiger partial charge in [0.05, 0.1) is 4.90 Å². The Morgan fingerprint density at radius 1 is 0.861 bits per heavy atom. The van der Waals surface area contributed by atoms with Gasteiger partial charge in [-0.3, -0.25) is 14.5 Å². The van der Waals surface area contributed by atoms with E-state index in [1.54, 1.807) is 36.4 Å². The highest BCUT2D eigenvalue weighted by Crippen LogP contribution is 2.19. The molecule has 0 aliphatic carbocycles. The number of nitrogens with one attached hydrogen (secondary N) is 3. The van der Waals surface area contributed by atoms with Crippen molar-refractivity contribution in [3.8, 4) is 0 Å². The smallest absolute Gasteiger partial charge is 0.255 e. The largest absolute Gasteiger partial charge is 0.355 e. The summed E-state index contributed by atoms with van der Waals surface area (Å²) < 4.78 is 28.9. The molecule has 1 aliphatic heterocycles. The number of likely N-dealkylation sites (tertiary alicyclic amines) is 1. The van der Waals surface area contributed by atoms with Crippen LogP contribution in [0.25, 0.3) is 0 Å². The summed E-state index contributed by atoms with van der Waals surface area (Å²) in [4.78, 5) is 27.0. The Bertz CT molecular complexity index is 1320. The van der Waals surface area contributed by atoms with Crippen LogP contribution in [0.4, 0.5) is 5.69 Å². The molecule has 9 heteroatoms. The maximum Gasteiger partial charge on any atom is 0.255 e. The van der Waals surface area contributed by atoms with E-state index in [4.69, 9.17) is 0 Å². The Hall–Kier alpha value is -3.53. The first-order chi connectivity index (χ1) is 17.3. The number of piperidine rings is 1. The molecule has 0 atom stereocenters. The molecule has 1 fully saturated rings. The zero-order chi connectivity index (χ0) is 25.5. The molecule has 0 radical (unpaired) electrons. The van der Waals surface area contributed by atoms with Gasteiger partial charge in [-0.25, -0.2) is 13.1 Å². The monoisotopic (exact) mass is 506 g/mol. The summed E-state index contributed by atoms with van der Waals surface area (Å²) in [6.07, 6.45) is 1.43. The second kappa shape index (κ2) is 11.5. The average molecular weight is 507 g/mol. The Kier molecular flexibility index (Phi) is 8.14. The first-order valence-corrected chi connectivity index (χ1v) is 13.3. The predicted molar refractivity (Wildman–Crippen MR) is 139 cm³/mol. The Morgan fingerprint density at radius 3 is 2.22 bits per heavy atom. The van der Waals surface area contributed by atoms with Gasteiger partial charge in [-0.05, 0) is 54.8 Å². The summed E-state index contributed by atoms with van der Waals surface area (Å²) in [6, 6.07) is 22.5. The normalized spacial score (nSPS) is 14.8. The Labute approximate surface area is 211 Å². The lowest BCUT2D eigenvalue weighted by Gasteiger charge is -2.32. The van der Waals surface area contributed by atoms with Gasteiger partial charge >= 0.3 is 0 Å². The highest BCUT2D eigenvalue weighted by molar-refractivity contribution is 7.89. The topological polar surface area (TPSA) is 108 Å². The molecular formula is C27H30N4O4S. The number of nitrogens with zero attached hydrogens (tertiary/aromatic N) is 1. The second-order valence-corrected chi connectivity index (χ2v) is 10.5. The zero-order valence-electron chi connectivity index (χ0n) is 20.1. The van der Waals surface area contributed by atoms with Gasteiger partial charge < -0.3 is 10.6 Å². The standard InChI is InChI=1S/C27H30N4O4S/c1-28-26(32)21-9-5-11-24(17-21)29-27(33)22-10-6-12-25(18-22)36(34,35)30-23-13-15-31(16-14-23)19-20-7-3-2-4-8-20/h2-12,17-18,23,30H,13-16,19H2,1H3,(H,28,32)(H,29,33). The molecule has 188 valence electrons. The van der Waals surface area contributed by atoms with Crippen molar-refractivity contribution in [3.05, 3.63) is 95.6 Å². The number of carbonyl (C=O) groups is 2. The fourth-order valence-electron chi connectivity index (χ4n) is 4.23. The van der Waals surface area contributed by atoms with E-state index < -0.39 is 15.9 Å². The van der Waals surface area contributed by atoms with Gasteiger partial charge in [-0.1, -0.05) is 42.5 Å². The SMILES string of the molecule is CNC(=O)c1cccc(NC(=O)c2cccc(S(=O)(=O)NC3CCN(Cc4ccccc4)CC3)c2)c1. The molecule has 1 heterocycles. The van der Waals surface area contributed by atoms with Gasteiger partial charge in [0.1, 0.15) is 0 Å². The van der Waals surface area contributed by atoms with Crippen LogP contribution in [0.5, 0.6) is 0 Å². The molecule has 0 saturated carbocycles. The van der Waals surface area contributed by atoms with Crippen molar-refractivity contribution in [1.29, 1.82) is 0 Å². The van der Waals surface area contributed by atoms with Crippen LogP contribution < -0.4 is 15.4 Å². The zero-order valence-corrected chi connectivity index (χ0v) is 20.9. The van der Waals surface area contributed by atoms with E-state index in [1.165, 1.54) is 24.7 Å². The van der Waals surface area contributed by atoms with Crippen LogP contribution in [-0.2, 0) is 16.6 Å². The van der Waals surface area contributed by atoms with Crippen LogP contribution >= 0.6 is 0 Å². The van der Waals surface area contributed by atoms with Crippen molar-refractivity contribution in [2.24, 2.45) is 0 Å². The van der Waals surface area contributed by atoms with Crippen LogP contribution in [0.2, 0.25) is 0 Å². The lowest BCUT2D eigenvalue weighted by Crippen LogP contribution is -2.44. The lowest BCUT2D eigenvalue weighted by molar-refractivity contribution is 0.0961. The molecule has 0 bridgehead atoms. The minimum atomic E-state index is -3.79. The molecule has 8 nitrogen and oxygen atoms in total. The fraction of sp³-hybridized carbons (Fsp3) is 0.259. The Morgan fingerprint density at radius 2 is 1.53 bits per heavy atom. The molecule has 2 amide bonds. The number of hydrogen-bond donors (Lipinski definition) is 3. The summed E-state index contributed by atoms with van der Waals surface area (Å²) in [6.45, 7) is 2.46. The number of carbonyl (C=O) groups excluding carboxylic acids is 2. The number of hydrogen-bond acceptors (Lipinski definition) is 5. The quantitative estimate of drug-likeness (QED) is 0.435. The lowest BCUT2D eigenvalue weighted by atomic mass is 10.1. The number of anilines is 1. The minimum Gasteiger partial charge on any atom is -0.355 e. The highest BCUT2D eigenvalue weighted by atomic mass is 32.2. The molecule has 0 unspecified atom stereocenters. The van der Waals surface area contributed by atoms with Gasteiger partial charge in [0.25, 0.3) is 11.8 Å². The molecule has 36 heavy (non-hydrogen) atoms. The predicted octanol–water partition coefficient (Wildman–Crippen LogP) is 3.24. The number of amides is 2. The van der Waals surface area contributed by atoms with Crippen LogP contribution in [0.3, 0.4) is 0 Å². The summed E-state index contributed by atoms with van der Waals surface area (Å²) >= 11 is 0. The van der Waals surface area contributed by atoms with Crippen molar-refractivity contribution in [2.45, 2.75) is 30.3 Å². The van der Waals surface area contributed by atoms with E-state index in [9.17, 15) is 18.0 Å². The minimum absolute atomic E-state index is 0.0426. The van der Waals surface area contributed by atoms with E-state index >= 15 is 0 Å². The highest BCUT2D eigenvalue weighted by Gasteiger charge is 2.25. The Balaban J connectivity index is 1.37. The van der Waals surface area contributed by atoms with Crippen molar-refractivity contribution in [2.75, 3.05) is 25.5 Å². The molecule has 3 aromatic rings. The molecular weight excluding hydrogens is 476 g/mol. The third-order valence-corrected chi connectivity index (χ3v) is 7.69. The average Bonchev–Trinajstić information content (AvgIpc) is 2.90. The van der Waals surface area contributed by atoms with Gasteiger partial charge in [0.15, 0.2) is 0 Å². The van der Waals surface area contributed by atoms with Crippen LogP contribution in [0.1, 0.15) is 39.1 Å². The number of benzene rings is 3. The summed E-state index contributed by atoms with van der Waals surface area (Å²) in [7, 11) is -2.26. The van der Waals surface area contributed by atoms with E-state index in [2.05, 4.69) is 32.4 Å². The van der Waals surface area contributed by atoms with E-state index in [0.29, 0.717) is 24.1 Å². The van der Waals surface area contributed by atoms with Crippen molar-refractivity contribution in [3.63, 3.8) is 0 Å². The molecule has 0 spiro atoms. The third kappa shape index (κ3) is 6.57. The van der Waals surface area contributed by atoms with Crippen LogP contribution in [-0.4, -0.2) is 51.3 Å². The maximum atomic E-state index is 13.1. The van der Waals surface area contributed by atoms with Crippen LogP contribution in [0, 0.1) is 0 Å². The van der Waals surface area contributed by atoms with E-state index in [-0.39, 0.29) is 22.4 Å². The van der Waals surface area contributed by atoms with Gasteiger partial charge in [-0.2, -0.15) is 0 Å². The van der Waals surface area contributed by atoms with E-state index in [0.717, 1.165) is 19.6 Å². The molecule has 4 rings (SSSR count). The van der Waals surface area contributed by atoms with Crippen molar-refractivity contribution in [1.82, 2.24) is 14.9 Å². The number of rotatable bonds is 8. The maximum absolute atomic E-state index is 13.1. The first kappa shape index (κ1) is 25.6. The molecule has 0 aromatic heterocycles. The molecule has 1 saturated heterocycles.